The van der Waals surface area contributed by atoms with Crippen molar-refractivity contribution in [2.45, 2.75) is 5.41 Å². The lowest BCUT2D eigenvalue weighted by atomic mass is 9.67. The fourth-order valence-corrected chi connectivity index (χ4v) is 10.00. The Labute approximate surface area is 355 Å². The summed E-state index contributed by atoms with van der Waals surface area (Å²) in [5.41, 5.74) is 16.9. The Balaban J connectivity index is 0.951. The summed E-state index contributed by atoms with van der Waals surface area (Å²) in [4.78, 5) is 2.36. The van der Waals surface area contributed by atoms with Crippen molar-refractivity contribution < 1.29 is 4.42 Å². The molecule has 0 aliphatic heterocycles. The summed E-state index contributed by atoms with van der Waals surface area (Å²) in [5.74, 6) is 0. The molecule has 10 aromatic carbocycles. The number of furan rings is 1. The highest BCUT2D eigenvalue weighted by molar-refractivity contribution is 6.14. The molecule has 0 saturated heterocycles. The zero-order valence-corrected chi connectivity index (χ0v) is 33.4. The molecule has 0 radical (unpaired) electrons. The number of anilines is 3. The molecule has 11 aromatic rings. The summed E-state index contributed by atoms with van der Waals surface area (Å²) in [6.45, 7) is 0. The van der Waals surface area contributed by atoms with Crippen LogP contribution in [0.1, 0.15) is 22.3 Å². The zero-order valence-electron chi connectivity index (χ0n) is 33.4. The van der Waals surface area contributed by atoms with E-state index in [0.717, 1.165) is 33.8 Å². The number of nitrogens with zero attached hydrogens (tertiary/aromatic N) is 1. The third-order valence-electron chi connectivity index (χ3n) is 12.8. The molecule has 12 rings (SSSR count). The molecule has 286 valence electrons. The van der Waals surface area contributed by atoms with Crippen LogP contribution in [0.15, 0.2) is 241 Å². The van der Waals surface area contributed by atoms with Gasteiger partial charge in [-0.25, -0.2) is 0 Å². The van der Waals surface area contributed by atoms with Crippen molar-refractivity contribution in [1.82, 2.24) is 0 Å². The maximum absolute atomic E-state index is 6.39. The van der Waals surface area contributed by atoms with Gasteiger partial charge in [0.2, 0.25) is 0 Å². The molecule has 1 aromatic heterocycles. The highest BCUT2D eigenvalue weighted by Gasteiger charge is 2.46. The van der Waals surface area contributed by atoms with Crippen molar-refractivity contribution in [2.24, 2.45) is 0 Å². The Morgan fingerprint density at radius 2 is 0.787 bits per heavy atom. The molecule has 0 atom stereocenters. The second-order valence-corrected chi connectivity index (χ2v) is 16.0. The van der Waals surface area contributed by atoms with Crippen LogP contribution in [0, 0.1) is 0 Å². The van der Waals surface area contributed by atoms with Gasteiger partial charge >= 0.3 is 0 Å². The highest BCUT2D eigenvalue weighted by atomic mass is 16.3. The number of hydrogen-bond donors (Lipinski definition) is 0. The molecule has 0 N–H and O–H groups in total. The predicted octanol–water partition coefficient (Wildman–Crippen LogP) is 15.9. The maximum atomic E-state index is 6.39. The van der Waals surface area contributed by atoms with Gasteiger partial charge in [-0.05, 0) is 121 Å². The van der Waals surface area contributed by atoms with Crippen LogP contribution in [-0.4, -0.2) is 0 Å². The Hall–Kier alpha value is -7.94. The van der Waals surface area contributed by atoms with Gasteiger partial charge in [-0.15, -0.1) is 0 Å². The smallest absolute Gasteiger partial charge is 0.135 e. The van der Waals surface area contributed by atoms with Gasteiger partial charge in [-0.3, -0.25) is 0 Å². The van der Waals surface area contributed by atoms with Crippen LogP contribution >= 0.6 is 0 Å². The van der Waals surface area contributed by atoms with Gasteiger partial charge in [0.15, 0.2) is 0 Å². The summed E-state index contributed by atoms with van der Waals surface area (Å²) >= 11 is 0. The number of rotatable bonds is 8. The van der Waals surface area contributed by atoms with Crippen molar-refractivity contribution in [1.29, 1.82) is 0 Å². The molecule has 0 fully saturated rings. The lowest BCUT2D eigenvalue weighted by Crippen LogP contribution is -2.28. The van der Waals surface area contributed by atoms with Crippen LogP contribution < -0.4 is 4.90 Å². The minimum atomic E-state index is -0.488. The fourth-order valence-electron chi connectivity index (χ4n) is 10.00. The molecule has 1 aliphatic rings. The van der Waals surface area contributed by atoms with E-state index in [1.807, 2.05) is 0 Å². The minimum absolute atomic E-state index is 0.488. The van der Waals surface area contributed by atoms with Crippen LogP contribution in [0.5, 0.6) is 0 Å². The normalized spacial score (nSPS) is 12.7. The maximum Gasteiger partial charge on any atom is 0.135 e. The molecular weight excluding hydrogens is 739 g/mol. The Morgan fingerprint density at radius 3 is 1.43 bits per heavy atom. The lowest BCUT2D eigenvalue weighted by molar-refractivity contribution is 0.663. The molecule has 2 nitrogen and oxygen atoms in total. The number of fused-ring (bicyclic) bond motifs is 1. The quantitative estimate of drug-likeness (QED) is 0.153. The highest BCUT2D eigenvalue weighted by Crippen LogP contribution is 2.57. The zero-order chi connectivity index (χ0) is 40.3. The van der Waals surface area contributed by atoms with E-state index in [0.29, 0.717) is 0 Å². The van der Waals surface area contributed by atoms with E-state index < -0.39 is 5.41 Å². The van der Waals surface area contributed by atoms with Crippen LogP contribution in [0.25, 0.3) is 66.1 Å². The van der Waals surface area contributed by atoms with E-state index >= 15 is 0 Å². The van der Waals surface area contributed by atoms with Crippen molar-refractivity contribution in [2.75, 3.05) is 4.90 Å². The van der Waals surface area contributed by atoms with Gasteiger partial charge in [0.05, 0.1) is 5.41 Å². The minimum Gasteiger partial charge on any atom is -0.456 e. The first kappa shape index (κ1) is 35.0. The van der Waals surface area contributed by atoms with Crippen LogP contribution in [0.3, 0.4) is 0 Å². The van der Waals surface area contributed by atoms with Gasteiger partial charge in [0.1, 0.15) is 11.2 Å². The summed E-state index contributed by atoms with van der Waals surface area (Å²) in [5, 5.41) is 4.94. The van der Waals surface area contributed by atoms with E-state index in [1.165, 1.54) is 71.6 Å². The van der Waals surface area contributed by atoms with Crippen LogP contribution in [0.2, 0.25) is 0 Å². The summed E-state index contributed by atoms with van der Waals surface area (Å²) in [6, 6.07) is 85.9. The Morgan fingerprint density at radius 1 is 0.328 bits per heavy atom. The molecule has 0 unspecified atom stereocenters. The molecular formula is C59H39NO. The molecule has 2 heteroatoms. The van der Waals surface area contributed by atoms with E-state index in [4.69, 9.17) is 4.42 Å². The molecule has 0 amide bonds. The lowest BCUT2D eigenvalue weighted by Gasteiger charge is -2.34. The van der Waals surface area contributed by atoms with Crippen molar-refractivity contribution in [3.63, 3.8) is 0 Å². The first-order valence-electron chi connectivity index (χ1n) is 21.0. The first-order valence-corrected chi connectivity index (χ1v) is 21.0. The monoisotopic (exact) mass is 777 g/mol. The fraction of sp³-hybridized carbons (Fsp3) is 0.0169. The van der Waals surface area contributed by atoms with Gasteiger partial charge in [0, 0.05) is 27.8 Å². The van der Waals surface area contributed by atoms with Gasteiger partial charge in [-0.1, -0.05) is 182 Å². The topological polar surface area (TPSA) is 16.4 Å². The average Bonchev–Trinajstić information content (AvgIpc) is 3.88. The third-order valence-corrected chi connectivity index (χ3v) is 12.8. The first-order chi connectivity index (χ1) is 30.2. The standard InChI is InChI=1S/C59H39NO/c1-3-13-40(14-4-1)41-27-33-48(34-28-41)60(50-37-31-44(32-38-50)52-22-10-16-43-15-7-8-21-51(43)52)49-35-29-42(30-36-49)45-17-9-20-47(39-45)59(46-18-5-2-6-19-46)53-23-11-25-55-57(53)58-54(59)24-12-26-56(58)61-55/h1-39H. The third kappa shape index (κ3) is 5.57. The number of hydrogen-bond acceptors (Lipinski definition) is 2. The summed E-state index contributed by atoms with van der Waals surface area (Å²) < 4.78 is 6.39. The van der Waals surface area contributed by atoms with Crippen molar-refractivity contribution in [3.8, 4) is 33.4 Å². The summed E-state index contributed by atoms with van der Waals surface area (Å²) in [6.07, 6.45) is 0. The molecule has 0 saturated carbocycles. The molecule has 1 heterocycles. The molecule has 0 spiro atoms. The average molecular weight is 778 g/mol. The SMILES string of the molecule is c1ccc(-c2ccc(N(c3ccc(-c4cccc(C5(c6ccccc6)c6cccc7oc8cccc5c8c67)c4)cc3)c3ccc(-c4cccc5ccccc45)cc3)cc2)cc1. The second-order valence-electron chi connectivity index (χ2n) is 16.0. The van der Waals surface area contributed by atoms with Gasteiger partial charge in [0.25, 0.3) is 0 Å². The molecule has 61 heavy (non-hydrogen) atoms. The van der Waals surface area contributed by atoms with Gasteiger partial charge < -0.3 is 9.32 Å². The van der Waals surface area contributed by atoms with E-state index in [2.05, 4.69) is 241 Å². The second kappa shape index (κ2) is 14.1. The summed E-state index contributed by atoms with van der Waals surface area (Å²) in [7, 11) is 0. The van der Waals surface area contributed by atoms with Crippen LogP contribution in [-0.2, 0) is 5.41 Å². The number of benzene rings is 10. The largest absolute Gasteiger partial charge is 0.456 e. The van der Waals surface area contributed by atoms with Crippen molar-refractivity contribution >= 4 is 49.8 Å². The van der Waals surface area contributed by atoms with E-state index in [1.54, 1.807) is 0 Å². The Bertz CT molecular complexity index is 3320. The van der Waals surface area contributed by atoms with Crippen LogP contribution in [0.4, 0.5) is 17.1 Å². The van der Waals surface area contributed by atoms with Crippen molar-refractivity contribution in [3.05, 3.63) is 259 Å². The Kier molecular flexibility index (Phi) is 8.11. The van der Waals surface area contributed by atoms with E-state index in [9.17, 15) is 0 Å². The van der Waals surface area contributed by atoms with Gasteiger partial charge in [-0.2, -0.15) is 0 Å². The van der Waals surface area contributed by atoms with E-state index in [-0.39, 0.29) is 0 Å². The predicted molar refractivity (Wildman–Crippen MR) is 254 cm³/mol. The molecule has 0 bridgehead atoms. The molecule has 1 aliphatic carbocycles.